The maximum Gasteiger partial charge on any atom is 0.256 e. The summed E-state index contributed by atoms with van der Waals surface area (Å²) in [6.45, 7) is 2.53. The van der Waals surface area contributed by atoms with Crippen LogP contribution < -0.4 is 15.8 Å². The van der Waals surface area contributed by atoms with Gasteiger partial charge in [0, 0.05) is 16.9 Å². The Bertz CT molecular complexity index is 1260. The van der Waals surface area contributed by atoms with E-state index in [0.717, 1.165) is 28.2 Å². The molecule has 0 aliphatic carbocycles. The van der Waals surface area contributed by atoms with Gasteiger partial charge < -0.3 is 15.8 Å². The molecule has 34 heavy (non-hydrogen) atoms. The van der Waals surface area contributed by atoms with Crippen LogP contribution in [0.15, 0.2) is 84.9 Å². The van der Waals surface area contributed by atoms with Gasteiger partial charge in [0.15, 0.2) is 0 Å². The Hall–Kier alpha value is -3.90. The van der Waals surface area contributed by atoms with Crippen LogP contribution in [-0.4, -0.2) is 11.8 Å². The number of benzene rings is 3. The molecule has 172 valence electrons. The highest BCUT2D eigenvalue weighted by atomic mass is 32.1. The molecule has 0 atom stereocenters. The number of carbonyl (C=O) groups is 2. The molecule has 2 amide bonds. The van der Waals surface area contributed by atoms with Gasteiger partial charge >= 0.3 is 0 Å². The van der Waals surface area contributed by atoms with E-state index < -0.39 is 5.91 Å². The molecule has 5 nitrogen and oxygen atoms in total. The molecular weight excluding hydrogens is 444 g/mol. The van der Waals surface area contributed by atoms with Crippen LogP contribution >= 0.6 is 11.3 Å². The van der Waals surface area contributed by atoms with Gasteiger partial charge in [-0.2, -0.15) is 0 Å². The minimum absolute atomic E-state index is 0.293. The molecule has 1 aromatic heterocycles. The Kier molecular flexibility index (Phi) is 7.40. The fraction of sp³-hybridized carbons (Fsp3) is 0.143. The monoisotopic (exact) mass is 470 g/mol. The first kappa shape index (κ1) is 23.3. The third kappa shape index (κ3) is 5.91. The van der Waals surface area contributed by atoms with Gasteiger partial charge in [-0.05, 0) is 53.4 Å². The molecule has 0 spiro atoms. The average molecular weight is 471 g/mol. The van der Waals surface area contributed by atoms with Crippen molar-refractivity contribution in [2.45, 2.75) is 26.4 Å². The van der Waals surface area contributed by atoms with E-state index >= 15 is 0 Å². The van der Waals surface area contributed by atoms with Crippen LogP contribution in [0.2, 0.25) is 0 Å². The van der Waals surface area contributed by atoms with Crippen molar-refractivity contribution in [2.24, 2.45) is 5.73 Å². The van der Waals surface area contributed by atoms with E-state index in [0.29, 0.717) is 29.2 Å². The zero-order valence-corrected chi connectivity index (χ0v) is 19.7. The maximum absolute atomic E-state index is 12.8. The first-order valence-corrected chi connectivity index (χ1v) is 11.9. The van der Waals surface area contributed by atoms with Crippen molar-refractivity contribution in [3.8, 4) is 5.75 Å². The molecule has 0 unspecified atom stereocenters. The highest BCUT2D eigenvalue weighted by Crippen LogP contribution is 2.30. The van der Waals surface area contributed by atoms with Crippen LogP contribution in [0.3, 0.4) is 0 Å². The number of rotatable bonds is 9. The lowest BCUT2D eigenvalue weighted by molar-refractivity contribution is 0.100. The van der Waals surface area contributed by atoms with Crippen LogP contribution in [0.4, 0.5) is 5.00 Å². The van der Waals surface area contributed by atoms with Crippen molar-refractivity contribution in [3.05, 3.63) is 118 Å². The second kappa shape index (κ2) is 10.8. The first-order valence-electron chi connectivity index (χ1n) is 11.1. The summed E-state index contributed by atoms with van der Waals surface area (Å²) in [5, 5.41) is 3.31. The van der Waals surface area contributed by atoms with Crippen molar-refractivity contribution in [3.63, 3.8) is 0 Å². The molecule has 3 N–H and O–H groups in total. The Labute approximate surface area is 203 Å². The predicted octanol–water partition coefficient (Wildman–Crippen LogP) is 5.83. The molecule has 1 heterocycles. The molecule has 0 bridgehead atoms. The number of hydrogen-bond acceptors (Lipinski definition) is 4. The number of primary amides is 1. The number of carbonyl (C=O) groups excluding carboxylic acids is 2. The van der Waals surface area contributed by atoms with E-state index in [9.17, 15) is 9.59 Å². The van der Waals surface area contributed by atoms with Gasteiger partial charge in [-0.25, -0.2) is 0 Å². The molecule has 0 aliphatic heterocycles. The second-order valence-electron chi connectivity index (χ2n) is 7.92. The molecule has 4 aromatic rings. The smallest absolute Gasteiger partial charge is 0.256 e. The average Bonchev–Trinajstić information content (AvgIpc) is 3.26. The summed E-state index contributed by atoms with van der Waals surface area (Å²) < 4.78 is 5.83. The molecule has 0 radical (unpaired) electrons. The van der Waals surface area contributed by atoms with Crippen molar-refractivity contribution < 1.29 is 14.3 Å². The number of nitrogens with two attached hydrogens (primary N) is 1. The Morgan fingerprint density at radius 1 is 0.882 bits per heavy atom. The molecule has 3 aromatic carbocycles. The van der Waals surface area contributed by atoms with E-state index in [2.05, 4.69) is 24.4 Å². The van der Waals surface area contributed by atoms with Crippen LogP contribution in [0.1, 0.15) is 49.2 Å². The number of nitrogens with one attached hydrogen (secondary N) is 1. The van der Waals surface area contributed by atoms with Crippen molar-refractivity contribution >= 4 is 28.2 Å². The molecule has 6 heteroatoms. The quantitative estimate of drug-likeness (QED) is 0.323. The van der Waals surface area contributed by atoms with E-state index in [1.807, 2.05) is 54.6 Å². The summed E-state index contributed by atoms with van der Waals surface area (Å²) in [7, 11) is 0. The van der Waals surface area contributed by atoms with Gasteiger partial charge in [0.2, 0.25) is 0 Å². The maximum atomic E-state index is 12.8. The van der Waals surface area contributed by atoms with Gasteiger partial charge in [0.1, 0.15) is 17.4 Å². The number of anilines is 1. The summed E-state index contributed by atoms with van der Waals surface area (Å²) in [5.74, 6) is -0.0504. The highest BCUT2D eigenvalue weighted by Gasteiger charge is 2.17. The summed E-state index contributed by atoms with van der Waals surface area (Å²) in [6.07, 6.45) is 1.65. The van der Waals surface area contributed by atoms with Gasteiger partial charge in [-0.15, -0.1) is 11.3 Å². The summed E-state index contributed by atoms with van der Waals surface area (Å²) in [4.78, 5) is 25.7. The lowest BCUT2D eigenvalue weighted by Crippen LogP contribution is -2.16. The van der Waals surface area contributed by atoms with Crippen LogP contribution in [-0.2, 0) is 19.4 Å². The molecule has 0 saturated heterocycles. The lowest BCUT2D eigenvalue weighted by Gasteiger charge is -2.08. The minimum Gasteiger partial charge on any atom is -0.489 e. The van der Waals surface area contributed by atoms with Gasteiger partial charge in [0.25, 0.3) is 11.8 Å². The second-order valence-corrected chi connectivity index (χ2v) is 9.06. The van der Waals surface area contributed by atoms with E-state index in [-0.39, 0.29) is 5.91 Å². The van der Waals surface area contributed by atoms with Crippen LogP contribution in [0.5, 0.6) is 5.75 Å². The largest absolute Gasteiger partial charge is 0.489 e. The standard InChI is InChI=1S/C28H26N2O3S/c1-2-19-10-14-23(15-11-19)33-18-21-8-12-22(13-9-21)27(32)30-28-25(26(29)31)17-24(34-28)16-20-6-4-3-5-7-20/h3-15,17H,2,16,18H2,1H3,(H2,29,31)(H,30,32). The number of hydrogen-bond donors (Lipinski definition) is 2. The van der Waals surface area contributed by atoms with E-state index in [1.165, 1.54) is 16.9 Å². The van der Waals surface area contributed by atoms with Crippen molar-refractivity contribution in [1.82, 2.24) is 0 Å². The third-order valence-electron chi connectivity index (χ3n) is 5.45. The fourth-order valence-electron chi connectivity index (χ4n) is 3.52. The topological polar surface area (TPSA) is 81.4 Å². The summed E-state index contributed by atoms with van der Waals surface area (Å²) in [6, 6.07) is 26.9. The first-order chi connectivity index (χ1) is 16.5. The number of ether oxygens (including phenoxy) is 1. The zero-order chi connectivity index (χ0) is 23.9. The Morgan fingerprint density at radius 2 is 1.56 bits per heavy atom. The van der Waals surface area contributed by atoms with E-state index in [1.54, 1.807) is 18.2 Å². The highest BCUT2D eigenvalue weighted by molar-refractivity contribution is 7.16. The normalized spacial score (nSPS) is 10.6. The zero-order valence-electron chi connectivity index (χ0n) is 18.9. The van der Waals surface area contributed by atoms with Crippen molar-refractivity contribution in [2.75, 3.05) is 5.32 Å². The fourth-order valence-corrected chi connectivity index (χ4v) is 4.61. The van der Waals surface area contributed by atoms with Gasteiger partial charge in [0.05, 0.1) is 5.56 Å². The summed E-state index contributed by atoms with van der Waals surface area (Å²) in [5.41, 5.74) is 9.71. The van der Waals surface area contributed by atoms with Crippen LogP contribution in [0.25, 0.3) is 0 Å². The van der Waals surface area contributed by atoms with E-state index in [4.69, 9.17) is 10.5 Å². The Balaban J connectivity index is 1.40. The van der Waals surface area contributed by atoms with Gasteiger partial charge in [-0.3, -0.25) is 9.59 Å². The van der Waals surface area contributed by atoms with Gasteiger partial charge in [-0.1, -0.05) is 61.5 Å². The molecule has 0 aliphatic rings. The number of amides is 2. The SMILES string of the molecule is CCc1ccc(OCc2ccc(C(=O)Nc3sc(Cc4ccccc4)cc3C(N)=O)cc2)cc1. The third-order valence-corrected chi connectivity index (χ3v) is 6.50. The molecule has 0 saturated carbocycles. The number of aryl methyl sites for hydroxylation is 1. The molecule has 4 rings (SSSR count). The van der Waals surface area contributed by atoms with Crippen LogP contribution in [0, 0.1) is 0 Å². The Morgan fingerprint density at radius 3 is 2.21 bits per heavy atom. The predicted molar refractivity (Wildman–Crippen MR) is 137 cm³/mol. The lowest BCUT2D eigenvalue weighted by atomic mass is 10.1. The minimum atomic E-state index is -0.565. The molecule has 0 fully saturated rings. The summed E-state index contributed by atoms with van der Waals surface area (Å²) >= 11 is 1.36. The van der Waals surface area contributed by atoms with Crippen molar-refractivity contribution in [1.29, 1.82) is 0 Å². The number of thiophene rings is 1. The molecular formula is C28H26N2O3S.